The molecule has 2 aromatic heterocycles. The summed E-state index contributed by atoms with van der Waals surface area (Å²) in [5.74, 6) is 0. The Balaban J connectivity index is 1.87. The summed E-state index contributed by atoms with van der Waals surface area (Å²) >= 11 is 0. The molecule has 210 valence electrons. The number of rotatable bonds is 10. The molecule has 0 bridgehead atoms. The Hall–Kier alpha value is -2.60. The predicted octanol–water partition coefficient (Wildman–Crippen LogP) is 6.71. The number of unbranched alkanes of at least 4 members (excludes halogenated alkanes) is 1. The zero-order chi connectivity index (χ0) is 27.8. The number of benzene rings is 2. The first-order valence-electron chi connectivity index (χ1n) is 14.8. The largest absolute Gasteiger partial charge is 0.396 e. The molecule has 0 radical (unpaired) electrons. The molecule has 4 N–H and O–H groups in total. The summed E-state index contributed by atoms with van der Waals surface area (Å²) in [6, 6.07) is 17.3. The van der Waals surface area contributed by atoms with Crippen LogP contribution >= 0.6 is 0 Å². The average Bonchev–Trinajstić information content (AvgIpc) is 3.46. The van der Waals surface area contributed by atoms with Crippen LogP contribution in [0, 0.1) is 5.41 Å². The van der Waals surface area contributed by atoms with Crippen molar-refractivity contribution in [3.05, 3.63) is 71.0 Å². The van der Waals surface area contributed by atoms with Gasteiger partial charge < -0.3 is 25.1 Å². The van der Waals surface area contributed by atoms with E-state index in [1.165, 1.54) is 41.2 Å². The maximum absolute atomic E-state index is 10.2. The van der Waals surface area contributed by atoms with Crippen LogP contribution in [0.5, 0.6) is 0 Å². The molecule has 5 heteroatoms. The molecule has 0 spiro atoms. The molecule has 1 fully saturated rings. The molecule has 2 heterocycles. The lowest BCUT2D eigenvalue weighted by molar-refractivity contribution is -0.0128. The lowest BCUT2D eigenvalue weighted by atomic mass is 9.47. The topological polar surface area (TPSA) is 75.3 Å². The first kappa shape index (κ1) is 27.9. The van der Waals surface area contributed by atoms with E-state index in [1.807, 2.05) is 0 Å². The smallest absolute Gasteiger partial charge is 0.0485 e. The van der Waals surface area contributed by atoms with Crippen molar-refractivity contribution in [1.29, 1.82) is 0 Å². The summed E-state index contributed by atoms with van der Waals surface area (Å²) in [4.78, 5) is 9.97. The number of aromatic amines is 2. The van der Waals surface area contributed by atoms with Crippen molar-refractivity contribution in [2.45, 2.75) is 83.1 Å². The molecule has 4 aromatic rings. The molecule has 1 atom stereocenters. The SMILES string of the molecule is CCCCC1(N(C)C)CCC(c2c(CCO)[nH]c3ccccc23)(c2c(CCO)[nH]c3ccccc23)C(C)(C)C1. The average molecular weight is 530 g/mol. The van der Waals surface area contributed by atoms with E-state index < -0.39 is 0 Å². The van der Waals surface area contributed by atoms with Gasteiger partial charge in [0.1, 0.15) is 0 Å². The number of nitrogens with zero attached hydrogens (tertiary/aromatic N) is 1. The lowest BCUT2D eigenvalue weighted by Gasteiger charge is -2.59. The van der Waals surface area contributed by atoms with Crippen molar-refractivity contribution < 1.29 is 10.2 Å². The van der Waals surface area contributed by atoms with Crippen molar-refractivity contribution in [1.82, 2.24) is 14.9 Å². The van der Waals surface area contributed by atoms with Gasteiger partial charge in [-0.1, -0.05) is 70.0 Å². The maximum atomic E-state index is 10.2. The third-order valence-corrected chi connectivity index (χ3v) is 9.98. The summed E-state index contributed by atoms with van der Waals surface area (Å²) in [5, 5.41) is 22.9. The molecule has 5 rings (SSSR count). The quantitative estimate of drug-likeness (QED) is 0.185. The summed E-state index contributed by atoms with van der Waals surface area (Å²) in [7, 11) is 4.54. The Morgan fingerprint density at radius 3 is 1.74 bits per heavy atom. The van der Waals surface area contributed by atoms with Crippen LogP contribution in [0.15, 0.2) is 48.5 Å². The van der Waals surface area contributed by atoms with E-state index in [0.29, 0.717) is 12.8 Å². The van der Waals surface area contributed by atoms with E-state index >= 15 is 0 Å². The molecule has 0 amide bonds. The van der Waals surface area contributed by atoms with Crippen LogP contribution in [0.4, 0.5) is 0 Å². The van der Waals surface area contributed by atoms with Gasteiger partial charge >= 0.3 is 0 Å². The number of para-hydroxylation sites is 2. The molecule has 5 nitrogen and oxygen atoms in total. The van der Waals surface area contributed by atoms with E-state index in [9.17, 15) is 10.2 Å². The summed E-state index contributed by atoms with van der Waals surface area (Å²) < 4.78 is 0. The molecule has 1 aliphatic carbocycles. The standard InChI is InChI=1S/C34H47N3O2/c1-6-7-18-33(37(4)5)19-20-34(32(2,3)23-33,30-24-12-8-10-14-26(24)35-28(30)16-21-38)31-25-13-9-11-15-27(25)36-29(31)17-22-39/h8-15,35-36,38-39H,6-7,16-23H2,1-5H3. The van der Waals surface area contributed by atoms with Gasteiger partial charge in [-0.05, 0) is 68.5 Å². The van der Waals surface area contributed by atoms with E-state index in [-0.39, 0.29) is 29.6 Å². The molecule has 1 aliphatic rings. The van der Waals surface area contributed by atoms with E-state index in [2.05, 4.69) is 98.3 Å². The van der Waals surface area contributed by atoms with Gasteiger partial charge in [0.15, 0.2) is 0 Å². The number of aromatic nitrogens is 2. The fourth-order valence-electron chi connectivity index (χ4n) is 8.17. The number of aliphatic hydroxyl groups excluding tert-OH is 2. The summed E-state index contributed by atoms with van der Waals surface area (Å²) in [6.07, 6.45) is 7.98. The summed E-state index contributed by atoms with van der Waals surface area (Å²) in [6.45, 7) is 7.45. The maximum Gasteiger partial charge on any atom is 0.0485 e. The van der Waals surface area contributed by atoms with Crippen LogP contribution in [0.2, 0.25) is 0 Å². The van der Waals surface area contributed by atoms with Crippen LogP contribution in [0.1, 0.15) is 81.8 Å². The van der Waals surface area contributed by atoms with Crippen LogP contribution < -0.4 is 0 Å². The van der Waals surface area contributed by atoms with Gasteiger partial charge in [-0.3, -0.25) is 0 Å². The van der Waals surface area contributed by atoms with E-state index in [4.69, 9.17) is 0 Å². The normalized spacial score (nSPS) is 20.8. The number of fused-ring (bicyclic) bond motifs is 2. The monoisotopic (exact) mass is 529 g/mol. The zero-order valence-corrected chi connectivity index (χ0v) is 24.5. The minimum Gasteiger partial charge on any atom is -0.396 e. The molecule has 39 heavy (non-hydrogen) atoms. The van der Waals surface area contributed by atoms with Gasteiger partial charge in [0.25, 0.3) is 0 Å². The minimum atomic E-state index is -0.313. The fourth-order valence-corrected chi connectivity index (χ4v) is 8.17. The number of hydrogen-bond acceptors (Lipinski definition) is 3. The van der Waals surface area contributed by atoms with Crippen molar-refractivity contribution in [3.8, 4) is 0 Å². The van der Waals surface area contributed by atoms with Gasteiger partial charge in [-0.2, -0.15) is 0 Å². The van der Waals surface area contributed by atoms with E-state index in [0.717, 1.165) is 41.7 Å². The van der Waals surface area contributed by atoms with Gasteiger partial charge in [-0.25, -0.2) is 0 Å². The number of H-pyrrole nitrogens is 2. The number of aliphatic hydroxyl groups is 2. The van der Waals surface area contributed by atoms with Gasteiger partial charge in [0.05, 0.1) is 0 Å². The van der Waals surface area contributed by atoms with Crippen molar-refractivity contribution in [3.63, 3.8) is 0 Å². The summed E-state index contributed by atoms with van der Waals surface area (Å²) in [5.41, 5.74) is 6.91. The van der Waals surface area contributed by atoms with Gasteiger partial charge in [0.2, 0.25) is 0 Å². The first-order valence-corrected chi connectivity index (χ1v) is 14.8. The number of hydrogen-bond donors (Lipinski definition) is 4. The van der Waals surface area contributed by atoms with E-state index in [1.54, 1.807) is 0 Å². The van der Waals surface area contributed by atoms with Crippen LogP contribution in [0.3, 0.4) is 0 Å². The Morgan fingerprint density at radius 1 is 0.795 bits per heavy atom. The molecule has 0 saturated heterocycles. The number of nitrogens with one attached hydrogen (secondary N) is 2. The molecule has 2 aromatic carbocycles. The molecular formula is C34H47N3O2. The lowest BCUT2D eigenvalue weighted by Crippen LogP contribution is -2.58. The highest BCUT2D eigenvalue weighted by Gasteiger charge is 2.58. The Morgan fingerprint density at radius 2 is 1.31 bits per heavy atom. The molecule has 0 aliphatic heterocycles. The second-order valence-electron chi connectivity index (χ2n) is 12.7. The second kappa shape index (κ2) is 10.8. The van der Waals surface area contributed by atoms with Crippen molar-refractivity contribution in [2.75, 3.05) is 27.3 Å². The Kier molecular flexibility index (Phi) is 7.71. The third kappa shape index (κ3) is 4.43. The molecular weight excluding hydrogens is 482 g/mol. The first-order chi connectivity index (χ1) is 18.7. The van der Waals surface area contributed by atoms with Gasteiger partial charge in [-0.15, -0.1) is 0 Å². The van der Waals surface area contributed by atoms with Crippen molar-refractivity contribution in [2.24, 2.45) is 5.41 Å². The highest BCUT2D eigenvalue weighted by Crippen LogP contribution is 2.63. The van der Waals surface area contributed by atoms with Gasteiger partial charge in [0, 0.05) is 70.2 Å². The molecule has 1 saturated carbocycles. The van der Waals surface area contributed by atoms with Crippen molar-refractivity contribution >= 4 is 21.8 Å². The predicted molar refractivity (Wildman–Crippen MR) is 163 cm³/mol. The fraction of sp³-hybridized carbons (Fsp3) is 0.529. The Labute approximate surface area is 233 Å². The van der Waals surface area contributed by atoms with Crippen LogP contribution in [-0.2, 0) is 18.3 Å². The highest BCUT2D eigenvalue weighted by molar-refractivity contribution is 5.91. The third-order valence-electron chi connectivity index (χ3n) is 9.98. The second-order valence-corrected chi connectivity index (χ2v) is 12.7. The highest BCUT2D eigenvalue weighted by atomic mass is 16.3. The minimum absolute atomic E-state index is 0.103. The van der Waals surface area contributed by atoms with Crippen LogP contribution in [0.25, 0.3) is 21.8 Å². The molecule has 1 unspecified atom stereocenters. The Bertz CT molecular complexity index is 1350. The van der Waals surface area contributed by atoms with Crippen LogP contribution in [-0.4, -0.2) is 57.9 Å². The zero-order valence-electron chi connectivity index (χ0n) is 24.5.